The summed E-state index contributed by atoms with van der Waals surface area (Å²) in [7, 11) is 0. The van der Waals surface area contributed by atoms with Crippen molar-refractivity contribution >= 4 is 52.6 Å². The summed E-state index contributed by atoms with van der Waals surface area (Å²) in [5.74, 6) is -1.24. The van der Waals surface area contributed by atoms with Crippen molar-refractivity contribution in [2.24, 2.45) is 0 Å². The van der Waals surface area contributed by atoms with Gasteiger partial charge in [-0.2, -0.15) is 0 Å². The first kappa shape index (κ1) is 21.3. The molecule has 7 nitrogen and oxygen atoms in total. The summed E-state index contributed by atoms with van der Waals surface area (Å²) < 4.78 is 0. The predicted molar refractivity (Wildman–Crippen MR) is 117 cm³/mol. The Hall–Kier alpha value is -2.97. The number of halogens is 1. The van der Waals surface area contributed by atoms with Crippen molar-refractivity contribution in [1.29, 1.82) is 0 Å². The maximum atomic E-state index is 12.7. The number of fused-ring (bicyclic) bond motifs is 1. The smallest absolute Gasteiger partial charge is 0.256 e. The summed E-state index contributed by atoms with van der Waals surface area (Å²) in [6, 6.07) is 4.96. The maximum absolute atomic E-state index is 12.7. The highest BCUT2D eigenvalue weighted by Crippen LogP contribution is 2.33. The second-order valence-corrected chi connectivity index (χ2v) is 8.90. The molecule has 0 saturated carbocycles. The van der Waals surface area contributed by atoms with E-state index in [1.54, 1.807) is 11.5 Å². The molecule has 1 atom stereocenters. The number of rotatable bonds is 5. The summed E-state index contributed by atoms with van der Waals surface area (Å²) in [5, 5.41) is 7.45. The molecule has 0 aliphatic carbocycles. The highest BCUT2D eigenvalue weighted by atomic mass is 35.5. The van der Waals surface area contributed by atoms with Gasteiger partial charge in [-0.1, -0.05) is 23.7 Å². The third-order valence-corrected chi connectivity index (χ3v) is 6.74. The SMILES string of the molecule is Cc1ccc(C=CC(=O)NCc2scc3c2CN(C2CCC(=O)NC2=O)C3=O)c(Cl)c1. The molecule has 4 amide bonds. The maximum Gasteiger partial charge on any atom is 0.256 e. The molecule has 2 aliphatic heterocycles. The lowest BCUT2D eigenvalue weighted by atomic mass is 10.0. The van der Waals surface area contributed by atoms with Crippen LogP contribution in [0, 0.1) is 6.92 Å². The van der Waals surface area contributed by atoms with Crippen LogP contribution in [0.4, 0.5) is 0 Å². The van der Waals surface area contributed by atoms with Crippen LogP contribution in [-0.2, 0) is 27.5 Å². The lowest BCUT2D eigenvalue weighted by Crippen LogP contribution is -2.52. The van der Waals surface area contributed by atoms with Gasteiger partial charge in [-0.25, -0.2) is 0 Å². The van der Waals surface area contributed by atoms with Crippen LogP contribution in [0.2, 0.25) is 5.02 Å². The van der Waals surface area contributed by atoms with E-state index >= 15 is 0 Å². The number of imide groups is 1. The van der Waals surface area contributed by atoms with E-state index in [1.807, 2.05) is 25.1 Å². The summed E-state index contributed by atoms with van der Waals surface area (Å²) in [6.45, 7) is 2.52. The van der Waals surface area contributed by atoms with E-state index in [4.69, 9.17) is 11.6 Å². The lowest BCUT2D eigenvalue weighted by Gasteiger charge is -2.29. The third kappa shape index (κ3) is 4.40. The number of nitrogens with one attached hydrogen (secondary N) is 2. The van der Waals surface area contributed by atoms with Crippen LogP contribution in [0.15, 0.2) is 29.7 Å². The number of hydrogen-bond donors (Lipinski definition) is 2. The highest BCUT2D eigenvalue weighted by molar-refractivity contribution is 7.10. The Morgan fingerprint density at radius 2 is 2.16 bits per heavy atom. The number of benzene rings is 1. The lowest BCUT2D eigenvalue weighted by molar-refractivity contribution is -0.137. The fourth-order valence-corrected chi connectivity index (χ4v) is 4.98. The van der Waals surface area contributed by atoms with Gasteiger partial charge in [0.25, 0.3) is 5.91 Å². The molecule has 3 heterocycles. The van der Waals surface area contributed by atoms with Gasteiger partial charge in [0.15, 0.2) is 0 Å². The quantitative estimate of drug-likeness (QED) is 0.533. The fraction of sp³-hybridized carbons (Fsp3) is 0.273. The van der Waals surface area contributed by atoms with E-state index in [0.717, 1.165) is 21.6 Å². The zero-order valence-corrected chi connectivity index (χ0v) is 18.3. The Morgan fingerprint density at radius 3 is 2.90 bits per heavy atom. The van der Waals surface area contributed by atoms with E-state index in [-0.39, 0.29) is 30.7 Å². The Balaban J connectivity index is 1.39. The molecule has 31 heavy (non-hydrogen) atoms. The Morgan fingerprint density at radius 1 is 1.35 bits per heavy atom. The van der Waals surface area contributed by atoms with Crippen LogP contribution >= 0.6 is 22.9 Å². The summed E-state index contributed by atoms with van der Waals surface area (Å²) >= 11 is 7.58. The topological polar surface area (TPSA) is 95.6 Å². The van der Waals surface area contributed by atoms with Gasteiger partial charge in [0.05, 0.1) is 12.1 Å². The molecule has 2 aliphatic rings. The molecule has 1 aromatic carbocycles. The van der Waals surface area contributed by atoms with Crippen molar-refractivity contribution in [1.82, 2.24) is 15.5 Å². The molecule has 1 unspecified atom stereocenters. The molecule has 1 aromatic heterocycles. The molecule has 9 heteroatoms. The molecule has 160 valence electrons. The normalized spacial score (nSPS) is 18.5. The van der Waals surface area contributed by atoms with Crippen molar-refractivity contribution in [3.8, 4) is 0 Å². The van der Waals surface area contributed by atoms with Crippen molar-refractivity contribution in [2.75, 3.05) is 0 Å². The van der Waals surface area contributed by atoms with Crippen LogP contribution in [0.3, 0.4) is 0 Å². The van der Waals surface area contributed by atoms with E-state index in [1.165, 1.54) is 22.3 Å². The number of thiophene rings is 1. The Labute approximate surface area is 188 Å². The van der Waals surface area contributed by atoms with Crippen LogP contribution in [0.1, 0.15) is 44.8 Å². The number of hydrogen-bond acceptors (Lipinski definition) is 5. The second-order valence-electron chi connectivity index (χ2n) is 7.53. The number of carbonyl (C=O) groups excluding carboxylic acids is 4. The molecule has 2 aromatic rings. The standard InChI is InChI=1S/C22H20ClN3O4S/c1-12-2-3-13(16(23)8-12)4-6-19(27)24-9-18-14-10-26(22(30)15(14)11-31-18)17-5-7-20(28)25-21(17)29/h2-4,6,8,11,17H,5,7,9-10H2,1H3,(H,24,27)(H,25,28,29). The van der Waals surface area contributed by atoms with E-state index in [2.05, 4.69) is 10.6 Å². The molecule has 2 N–H and O–H groups in total. The zero-order valence-electron chi connectivity index (χ0n) is 16.7. The number of aryl methyl sites for hydroxylation is 1. The van der Waals surface area contributed by atoms with E-state index in [0.29, 0.717) is 23.6 Å². The molecule has 0 bridgehead atoms. The number of nitrogens with zero attached hydrogens (tertiary/aromatic N) is 1. The minimum atomic E-state index is -0.646. The van der Waals surface area contributed by atoms with Crippen molar-refractivity contribution < 1.29 is 19.2 Å². The molecule has 1 saturated heterocycles. The average molecular weight is 458 g/mol. The Kier molecular flexibility index (Phi) is 5.93. The van der Waals surface area contributed by atoms with Crippen LogP contribution in [-0.4, -0.2) is 34.6 Å². The van der Waals surface area contributed by atoms with Crippen LogP contribution in [0.5, 0.6) is 0 Å². The largest absolute Gasteiger partial charge is 0.348 e. The first-order valence-corrected chi connectivity index (χ1v) is 11.0. The van der Waals surface area contributed by atoms with Gasteiger partial charge in [0.2, 0.25) is 17.7 Å². The highest BCUT2D eigenvalue weighted by Gasteiger charge is 2.40. The average Bonchev–Trinajstić information content (AvgIpc) is 3.26. The molecular formula is C22H20ClN3O4S. The molecule has 0 spiro atoms. The molecule has 1 fully saturated rings. The van der Waals surface area contributed by atoms with Crippen LogP contribution in [0.25, 0.3) is 6.08 Å². The molecular weight excluding hydrogens is 438 g/mol. The van der Waals surface area contributed by atoms with Gasteiger partial charge in [-0.15, -0.1) is 11.3 Å². The Bertz CT molecular complexity index is 1120. The van der Waals surface area contributed by atoms with Crippen molar-refractivity contribution in [2.45, 2.75) is 38.9 Å². The predicted octanol–water partition coefficient (Wildman–Crippen LogP) is 2.80. The number of piperidine rings is 1. The van der Waals surface area contributed by atoms with Crippen molar-refractivity contribution in [3.05, 3.63) is 61.8 Å². The van der Waals surface area contributed by atoms with Gasteiger partial charge in [0.1, 0.15) is 6.04 Å². The van der Waals surface area contributed by atoms with Gasteiger partial charge < -0.3 is 10.2 Å². The van der Waals surface area contributed by atoms with Crippen LogP contribution < -0.4 is 10.6 Å². The zero-order chi connectivity index (χ0) is 22.1. The van der Waals surface area contributed by atoms with E-state index in [9.17, 15) is 19.2 Å². The first-order chi connectivity index (χ1) is 14.8. The summed E-state index contributed by atoms with van der Waals surface area (Å²) in [5.41, 5.74) is 3.18. The number of amides is 4. The number of carbonyl (C=O) groups is 4. The van der Waals surface area contributed by atoms with Crippen molar-refractivity contribution in [3.63, 3.8) is 0 Å². The van der Waals surface area contributed by atoms with E-state index < -0.39 is 11.9 Å². The minimum absolute atomic E-state index is 0.216. The fourth-order valence-electron chi connectivity index (χ4n) is 3.71. The second kappa shape index (κ2) is 8.64. The monoisotopic (exact) mass is 457 g/mol. The molecule has 0 radical (unpaired) electrons. The van der Waals surface area contributed by atoms with Gasteiger partial charge in [-0.3, -0.25) is 24.5 Å². The van der Waals surface area contributed by atoms with Gasteiger partial charge in [0, 0.05) is 34.3 Å². The first-order valence-electron chi connectivity index (χ1n) is 9.79. The molecule has 4 rings (SSSR count). The van der Waals surface area contributed by atoms with Gasteiger partial charge in [-0.05, 0) is 42.2 Å². The minimum Gasteiger partial charge on any atom is -0.348 e. The summed E-state index contributed by atoms with van der Waals surface area (Å²) in [6.07, 6.45) is 3.62. The third-order valence-electron chi connectivity index (χ3n) is 5.38. The summed E-state index contributed by atoms with van der Waals surface area (Å²) in [4.78, 5) is 50.9. The van der Waals surface area contributed by atoms with Gasteiger partial charge >= 0.3 is 0 Å².